The number of halogens is 2. The van der Waals surface area contributed by atoms with Gasteiger partial charge in [0, 0.05) is 23.9 Å². The maximum absolute atomic E-state index is 13.3. The number of hydrogen-bond donors (Lipinski definition) is 1. The molecule has 106 valence electrons. The van der Waals surface area contributed by atoms with Crippen molar-refractivity contribution >= 4 is 0 Å². The molecule has 0 spiro atoms. The van der Waals surface area contributed by atoms with Crippen LogP contribution < -0.4 is 15.2 Å². The first-order chi connectivity index (χ1) is 8.90. The Bertz CT molecular complexity index is 453. The van der Waals surface area contributed by atoms with Crippen molar-refractivity contribution in [3.05, 3.63) is 23.8 Å². The van der Waals surface area contributed by atoms with Gasteiger partial charge < -0.3 is 15.2 Å². The van der Waals surface area contributed by atoms with E-state index in [-0.39, 0.29) is 25.7 Å². The lowest BCUT2D eigenvalue weighted by atomic mass is 9.75. The van der Waals surface area contributed by atoms with Gasteiger partial charge in [-0.25, -0.2) is 8.78 Å². The van der Waals surface area contributed by atoms with E-state index in [1.54, 1.807) is 32.4 Å². The van der Waals surface area contributed by atoms with Crippen molar-refractivity contribution in [1.82, 2.24) is 0 Å². The predicted octanol–water partition coefficient (Wildman–Crippen LogP) is 3.07. The molecular weight excluding hydrogens is 252 g/mol. The number of ether oxygens (including phenoxy) is 2. The van der Waals surface area contributed by atoms with Gasteiger partial charge in [-0.15, -0.1) is 0 Å². The van der Waals surface area contributed by atoms with E-state index in [1.807, 2.05) is 0 Å². The summed E-state index contributed by atoms with van der Waals surface area (Å²) in [6.07, 6.45) is 0.0980. The smallest absolute Gasteiger partial charge is 0.248 e. The zero-order valence-corrected chi connectivity index (χ0v) is 11.2. The fourth-order valence-corrected chi connectivity index (χ4v) is 2.53. The van der Waals surface area contributed by atoms with Crippen molar-refractivity contribution in [3.63, 3.8) is 0 Å². The van der Waals surface area contributed by atoms with Crippen LogP contribution in [0.15, 0.2) is 18.2 Å². The summed E-state index contributed by atoms with van der Waals surface area (Å²) in [5.41, 5.74) is 6.30. The van der Waals surface area contributed by atoms with Gasteiger partial charge in [0.1, 0.15) is 11.5 Å². The molecule has 0 amide bonds. The van der Waals surface area contributed by atoms with Crippen LogP contribution >= 0.6 is 0 Å². The highest BCUT2D eigenvalue weighted by Gasteiger charge is 2.43. The average molecular weight is 271 g/mol. The first-order valence-electron chi connectivity index (χ1n) is 6.29. The molecule has 0 radical (unpaired) electrons. The molecule has 1 aliphatic rings. The molecule has 1 saturated carbocycles. The normalized spacial score (nSPS) is 20.9. The van der Waals surface area contributed by atoms with E-state index in [9.17, 15) is 8.78 Å². The monoisotopic (exact) mass is 271 g/mol. The van der Waals surface area contributed by atoms with E-state index in [4.69, 9.17) is 15.2 Å². The zero-order valence-electron chi connectivity index (χ0n) is 11.2. The highest BCUT2D eigenvalue weighted by atomic mass is 19.3. The lowest BCUT2D eigenvalue weighted by Crippen LogP contribution is -2.43. The van der Waals surface area contributed by atoms with Crippen molar-refractivity contribution in [2.75, 3.05) is 14.2 Å². The molecule has 0 atom stereocenters. The quantitative estimate of drug-likeness (QED) is 0.919. The number of alkyl halides is 2. The minimum absolute atomic E-state index is 0.191. The van der Waals surface area contributed by atoms with Gasteiger partial charge in [0.25, 0.3) is 0 Å². The van der Waals surface area contributed by atoms with E-state index < -0.39 is 11.5 Å². The highest BCUT2D eigenvalue weighted by molar-refractivity contribution is 5.44. The molecule has 0 heterocycles. The van der Waals surface area contributed by atoms with Crippen LogP contribution in [0, 0.1) is 0 Å². The maximum atomic E-state index is 13.3. The second-order valence-electron chi connectivity index (χ2n) is 5.08. The molecule has 1 aliphatic carbocycles. The Kier molecular flexibility index (Phi) is 3.67. The van der Waals surface area contributed by atoms with Gasteiger partial charge in [0.05, 0.1) is 14.2 Å². The van der Waals surface area contributed by atoms with Crippen LogP contribution in [0.4, 0.5) is 8.78 Å². The standard InChI is InChI=1S/C14H19F2NO2/c1-18-10-3-4-12(19-2)11(9-10)13(17)5-7-14(15,16)8-6-13/h3-4,9H,5-8,17H2,1-2H3. The number of rotatable bonds is 3. The van der Waals surface area contributed by atoms with Crippen LogP contribution in [0.3, 0.4) is 0 Å². The number of nitrogens with two attached hydrogens (primary N) is 1. The zero-order chi connectivity index (χ0) is 14.1. The first kappa shape index (κ1) is 14.1. The topological polar surface area (TPSA) is 44.5 Å². The summed E-state index contributed by atoms with van der Waals surface area (Å²) in [4.78, 5) is 0. The summed E-state index contributed by atoms with van der Waals surface area (Å²) in [7, 11) is 3.11. The fourth-order valence-electron chi connectivity index (χ4n) is 2.53. The van der Waals surface area contributed by atoms with Gasteiger partial charge in [-0.1, -0.05) is 0 Å². The van der Waals surface area contributed by atoms with Crippen molar-refractivity contribution in [2.24, 2.45) is 5.73 Å². The molecule has 2 N–H and O–H groups in total. The van der Waals surface area contributed by atoms with Gasteiger partial charge in [-0.05, 0) is 31.0 Å². The van der Waals surface area contributed by atoms with E-state index in [0.717, 1.165) is 5.56 Å². The first-order valence-corrected chi connectivity index (χ1v) is 6.29. The lowest BCUT2D eigenvalue weighted by molar-refractivity contribution is -0.0516. The molecule has 1 fully saturated rings. The van der Waals surface area contributed by atoms with E-state index in [2.05, 4.69) is 0 Å². The molecule has 0 saturated heterocycles. The summed E-state index contributed by atoms with van der Waals surface area (Å²) < 4.78 is 37.0. The molecule has 19 heavy (non-hydrogen) atoms. The third-order valence-corrected chi connectivity index (χ3v) is 3.82. The average Bonchev–Trinajstić information content (AvgIpc) is 2.42. The Labute approximate surface area is 111 Å². The van der Waals surface area contributed by atoms with E-state index >= 15 is 0 Å². The third kappa shape index (κ3) is 2.81. The summed E-state index contributed by atoms with van der Waals surface area (Å²) in [6.45, 7) is 0. The van der Waals surface area contributed by atoms with Crippen LogP contribution in [0.2, 0.25) is 0 Å². The van der Waals surface area contributed by atoms with Crippen molar-refractivity contribution in [2.45, 2.75) is 37.1 Å². The van der Waals surface area contributed by atoms with E-state index in [1.165, 1.54) is 0 Å². The Hall–Kier alpha value is -1.36. The Morgan fingerprint density at radius 3 is 2.21 bits per heavy atom. The van der Waals surface area contributed by atoms with Crippen LogP contribution in [0.5, 0.6) is 11.5 Å². The Balaban J connectivity index is 2.34. The van der Waals surface area contributed by atoms with Gasteiger partial charge in [0.15, 0.2) is 0 Å². The summed E-state index contributed by atoms with van der Waals surface area (Å²) in [5.74, 6) is -1.33. The largest absolute Gasteiger partial charge is 0.497 e. The maximum Gasteiger partial charge on any atom is 0.248 e. The lowest BCUT2D eigenvalue weighted by Gasteiger charge is -2.38. The van der Waals surface area contributed by atoms with E-state index in [0.29, 0.717) is 11.5 Å². The second-order valence-corrected chi connectivity index (χ2v) is 5.08. The van der Waals surface area contributed by atoms with Gasteiger partial charge in [-0.2, -0.15) is 0 Å². The minimum Gasteiger partial charge on any atom is -0.497 e. The summed E-state index contributed by atoms with van der Waals surface area (Å²) in [6, 6.07) is 5.31. The Morgan fingerprint density at radius 2 is 1.68 bits per heavy atom. The molecule has 2 rings (SSSR count). The molecule has 0 bridgehead atoms. The number of benzene rings is 1. The van der Waals surface area contributed by atoms with Crippen molar-refractivity contribution in [3.8, 4) is 11.5 Å². The molecule has 5 heteroatoms. The molecule has 1 aromatic rings. The van der Waals surface area contributed by atoms with Crippen LogP contribution in [0.25, 0.3) is 0 Å². The summed E-state index contributed by atoms with van der Waals surface area (Å²) >= 11 is 0. The van der Waals surface area contributed by atoms with Gasteiger partial charge >= 0.3 is 0 Å². The van der Waals surface area contributed by atoms with Crippen LogP contribution in [-0.4, -0.2) is 20.1 Å². The molecule has 0 unspecified atom stereocenters. The van der Waals surface area contributed by atoms with Crippen LogP contribution in [-0.2, 0) is 5.54 Å². The number of methoxy groups -OCH3 is 2. The van der Waals surface area contributed by atoms with Gasteiger partial charge in [0.2, 0.25) is 5.92 Å². The molecule has 3 nitrogen and oxygen atoms in total. The third-order valence-electron chi connectivity index (χ3n) is 3.82. The molecule has 0 aliphatic heterocycles. The van der Waals surface area contributed by atoms with Crippen molar-refractivity contribution in [1.29, 1.82) is 0 Å². The number of hydrogen-bond acceptors (Lipinski definition) is 3. The SMILES string of the molecule is COc1ccc(OC)c(C2(N)CCC(F)(F)CC2)c1. The molecular formula is C14H19F2NO2. The Morgan fingerprint density at radius 1 is 1.05 bits per heavy atom. The van der Waals surface area contributed by atoms with Gasteiger partial charge in [-0.3, -0.25) is 0 Å². The minimum atomic E-state index is -2.60. The van der Waals surface area contributed by atoms with Crippen molar-refractivity contribution < 1.29 is 18.3 Å². The summed E-state index contributed by atoms with van der Waals surface area (Å²) in [5, 5.41) is 0. The molecule has 1 aromatic carbocycles. The highest BCUT2D eigenvalue weighted by Crippen LogP contribution is 2.45. The fraction of sp³-hybridized carbons (Fsp3) is 0.571. The predicted molar refractivity (Wildman–Crippen MR) is 68.8 cm³/mol. The van der Waals surface area contributed by atoms with Crippen LogP contribution in [0.1, 0.15) is 31.2 Å². The second kappa shape index (κ2) is 4.96. The molecule has 0 aromatic heterocycles.